The molecule has 10 heteroatoms. The number of aromatic nitrogens is 3. The van der Waals surface area contributed by atoms with E-state index in [4.69, 9.17) is 0 Å². The van der Waals surface area contributed by atoms with Gasteiger partial charge in [0.1, 0.15) is 5.82 Å². The van der Waals surface area contributed by atoms with Gasteiger partial charge in [-0.1, -0.05) is 42.1 Å². The molecular weight excluding hydrogens is 470 g/mol. The third kappa shape index (κ3) is 4.23. The SMILES string of the molecule is O=C(CSc1nnc(C2CC2)n1C1CC1)N1CCN(S(=O)(=O)c2ccc3ccccc3c2)CC1. The first kappa shape index (κ1) is 22.1. The maximum atomic E-state index is 13.2. The van der Waals surface area contributed by atoms with Gasteiger partial charge in [0, 0.05) is 38.1 Å². The average Bonchev–Trinajstić information content (AvgIpc) is 3.81. The van der Waals surface area contributed by atoms with Crippen molar-refractivity contribution in [2.24, 2.45) is 0 Å². The molecule has 0 unspecified atom stereocenters. The molecule has 2 heterocycles. The van der Waals surface area contributed by atoms with Gasteiger partial charge in [-0.3, -0.25) is 4.79 Å². The van der Waals surface area contributed by atoms with E-state index in [0.717, 1.165) is 34.6 Å². The van der Waals surface area contributed by atoms with Crippen molar-refractivity contribution in [3.63, 3.8) is 0 Å². The lowest BCUT2D eigenvalue weighted by atomic mass is 10.1. The van der Waals surface area contributed by atoms with E-state index in [1.54, 1.807) is 17.0 Å². The molecule has 6 rings (SSSR count). The Labute approximate surface area is 203 Å². The Morgan fingerprint density at radius 2 is 1.68 bits per heavy atom. The smallest absolute Gasteiger partial charge is 0.243 e. The van der Waals surface area contributed by atoms with E-state index in [0.29, 0.717) is 48.8 Å². The summed E-state index contributed by atoms with van der Waals surface area (Å²) in [6, 6.07) is 13.4. The summed E-state index contributed by atoms with van der Waals surface area (Å²) in [6.07, 6.45) is 4.68. The van der Waals surface area contributed by atoms with Gasteiger partial charge in [0.05, 0.1) is 10.6 Å². The monoisotopic (exact) mass is 497 g/mol. The fourth-order valence-corrected chi connectivity index (χ4v) is 6.93. The molecule has 3 fully saturated rings. The van der Waals surface area contributed by atoms with Crippen LogP contribution in [0.2, 0.25) is 0 Å². The van der Waals surface area contributed by atoms with Crippen molar-refractivity contribution in [1.29, 1.82) is 0 Å². The largest absolute Gasteiger partial charge is 0.339 e. The Balaban J connectivity index is 1.07. The van der Waals surface area contributed by atoms with Gasteiger partial charge in [0.15, 0.2) is 5.16 Å². The first-order valence-electron chi connectivity index (χ1n) is 11.8. The number of piperazine rings is 1. The number of carbonyl (C=O) groups excluding carboxylic acids is 1. The molecule has 1 aliphatic heterocycles. The molecule has 0 atom stereocenters. The molecular formula is C24H27N5O3S2. The molecule has 2 aliphatic carbocycles. The van der Waals surface area contributed by atoms with Crippen LogP contribution in [0.1, 0.15) is 43.5 Å². The number of sulfonamides is 1. The van der Waals surface area contributed by atoms with Crippen molar-refractivity contribution in [2.75, 3.05) is 31.9 Å². The Bertz CT molecular complexity index is 1340. The van der Waals surface area contributed by atoms with Crippen molar-refractivity contribution in [1.82, 2.24) is 24.0 Å². The maximum Gasteiger partial charge on any atom is 0.243 e. The number of fused-ring (bicyclic) bond motifs is 1. The fourth-order valence-electron chi connectivity index (χ4n) is 4.55. The second-order valence-corrected chi connectivity index (χ2v) is 12.2. The van der Waals surface area contributed by atoms with E-state index >= 15 is 0 Å². The number of hydrogen-bond donors (Lipinski definition) is 0. The quantitative estimate of drug-likeness (QED) is 0.466. The van der Waals surface area contributed by atoms with E-state index in [1.165, 1.54) is 28.9 Å². The third-order valence-corrected chi connectivity index (χ3v) is 9.64. The minimum atomic E-state index is -3.60. The lowest BCUT2D eigenvalue weighted by Crippen LogP contribution is -2.50. The van der Waals surface area contributed by atoms with Crippen LogP contribution in [0.4, 0.5) is 0 Å². The van der Waals surface area contributed by atoms with Gasteiger partial charge >= 0.3 is 0 Å². The summed E-state index contributed by atoms with van der Waals surface area (Å²) in [6.45, 7) is 1.40. The van der Waals surface area contributed by atoms with E-state index in [1.807, 2.05) is 30.3 Å². The highest BCUT2D eigenvalue weighted by molar-refractivity contribution is 7.99. The molecule has 1 amide bonds. The summed E-state index contributed by atoms with van der Waals surface area (Å²) in [5.41, 5.74) is 0. The number of nitrogens with zero attached hydrogens (tertiary/aromatic N) is 5. The predicted octanol–water partition coefficient (Wildman–Crippen LogP) is 3.27. The zero-order valence-electron chi connectivity index (χ0n) is 18.8. The van der Waals surface area contributed by atoms with Gasteiger partial charge < -0.3 is 9.47 Å². The van der Waals surface area contributed by atoms with E-state index in [-0.39, 0.29) is 5.91 Å². The number of rotatable bonds is 7. The van der Waals surface area contributed by atoms with Crippen LogP contribution >= 0.6 is 11.8 Å². The summed E-state index contributed by atoms with van der Waals surface area (Å²) in [4.78, 5) is 14.9. The van der Waals surface area contributed by atoms with E-state index < -0.39 is 10.0 Å². The summed E-state index contributed by atoms with van der Waals surface area (Å²) in [5, 5.41) is 11.5. The van der Waals surface area contributed by atoms with Crippen LogP contribution < -0.4 is 0 Å². The molecule has 0 bridgehead atoms. The second-order valence-electron chi connectivity index (χ2n) is 9.30. The van der Waals surface area contributed by atoms with Crippen LogP contribution in [0.15, 0.2) is 52.5 Å². The van der Waals surface area contributed by atoms with Crippen LogP contribution in [0.3, 0.4) is 0 Å². The normalized spacial score (nSPS) is 19.6. The zero-order chi connectivity index (χ0) is 23.3. The van der Waals surface area contributed by atoms with Gasteiger partial charge in [0.25, 0.3) is 0 Å². The minimum absolute atomic E-state index is 0.0195. The Hall–Kier alpha value is -2.43. The van der Waals surface area contributed by atoms with Crippen LogP contribution in [0, 0.1) is 0 Å². The highest BCUT2D eigenvalue weighted by Gasteiger charge is 2.37. The average molecular weight is 498 g/mol. The van der Waals surface area contributed by atoms with Crippen LogP contribution in [0.5, 0.6) is 0 Å². The molecule has 0 radical (unpaired) electrons. The van der Waals surface area contributed by atoms with E-state index in [2.05, 4.69) is 14.8 Å². The first-order chi connectivity index (χ1) is 16.5. The number of thioether (sulfide) groups is 1. The van der Waals surface area contributed by atoms with Gasteiger partial charge in [-0.15, -0.1) is 10.2 Å². The van der Waals surface area contributed by atoms with Crippen molar-refractivity contribution in [3.8, 4) is 0 Å². The number of carbonyl (C=O) groups is 1. The van der Waals surface area contributed by atoms with Crippen LogP contribution in [0.25, 0.3) is 10.8 Å². The van der Waals surface area contributed by atoms with Crippen molar-refractivity contribution < 1.29 is 13.2 Å². The minimum Gasteiger partial charge on any atom is -0.339 e. The second kappa shape index (κ2) is 8.66. The van der Waals surface area contributed by atoms with Crippen molar-refractivity contribution in [3.05, 3.63) is 48.3 Å². The topological polar surface area (TPSA) is 88.4 Å². The third-order valence-electron chi connectivity index (χ3n) is 6.82. The lowest BCUT2D eigenvalue weighted by Gasteiger charge is -2.34. The Morgan fingerprint density at radius 1 is 0.941 bits per heavy atom. The molecule has 34 heavy (non-hydrogen) atoms. The highest BCUT2D eigenvalue weighted by Crippen LogP contribution is 2.46. The predicted molar refractivity (Wildman–Crippen MR) is 130 cm³/mol. The van der Waals surface area contributed by atoms with E-state index in [9.17, 15) is 13.2 Å². The fraction of sp³-hybridized carbons (Fsp3) is 0.458. The van der Waals surface area contributed by atoms with Gasteiger partial charge in [-0.2, -0.15) is 4.31 Å². The standard InChI is InChI=1S/C24H27N5O3S2/c30-22(16-33-24-26-25-23(18-5-6-18)29(24)20-8-9-20)27-11-13-28(14-12-27)34(31,32)21-10-7-17-3-1-2-4-19(17)15-21/h1-4,7,10,15,18,20H,5-6,8-9,11-14,16H2. The molecule has 2 saturated carbocycles. The Morgan fingerprint density at radius 3 is 2.38 bits per heavy atom. The maximum absolute atomic E-state index is 13.2. The molecule has 0 spiro atoms. The molecule has 0 N–H and O–H groups in total. The van der Waals surface area contributed by atoms with Crippen molar-refractivity contribution >= 4 is 38.5 Å². The van der Waals surface area contributed by atoms with Gasteiger partial charge in [-0.25, -0.2) is 8.42 Å². The molecule has 3 aromatic rings. The summed E-state index contributed by atoms with van der Waals surface area (Å²) in [5.74, 6) is 1.94. The summed E-state index contributed by atoms with van der Waals surface area (Å²) in [7, 11) is -3.60. The number of amides is 1. The first-order valence-corrected chi connectivity index (χ1v) is 14.3. The van der Waals surface area contributed by atoms with Crippen molar-refractivity contribution in [2.45, 2.75) is 47.7 Å². The number of hydrogen-bond acceptors (Lipinski definition) is 6. The highest BCUT2D eigenvalue weighted by atomic mass is 32.2. The van der Waals surface area contributed by atoms with Gasteiger partial charge in [0.2, 0.25) is 15.9 Å². The summed E-state index contributed by atoms with van der Waals surface area (Å²) >= 11 is 1.45. The van der Waals surface area contributed by atoms with Gasteiger partial charge in [-0.05, 0) is 48.6 Å². The van der Waals surface area contributed by atoms with Crippen LogP contribution in [-0.2, 0) is 14.8 Å². The zero-order valence-corrected chi connectivity index (χ0v) is 20.5. The lowest BCUT2D eigenvalue weighted by molar-refractivity contribution is -0.129. The van der Waals surface area contributed by atoms with Crippen LogP contribution in [-0.4, -0.2) is 70.2 Å². The molecule has 2 aromatic carbocycles. The molecule has 8 nitrogen and oxygen atoms in total. The molecule has 3 aliphatic rings. The molecule has 1 aromatic heterocycles. The molecule has 1 saturated heterocycles. The summed E-state index contributed by atoms with van der Waals surface area (Å²) < 4.78 is 30.1. The molecule has 178 valence electrons. The number of benzene rings is 2. The Kier molecular flexibility index (Phi) is 5.62.